The van der Waals surface area contributed by atoms with Crippen LogP contribution in [0.25, 0.3) is 6.08 Å². The third-order valence-corrected chi connectivity index (χ3v) is 6.96. The van der Waals surface area contributed by atoms with Gasteiger partial charge in [-0.2, -0.15) is 0 Å². The summed E-state index contributed by atoms with van der Waals surface area (Å²) in [6, 6.07) is 7.65. The first-order chi connectivity index (χ1) is 17.1. The van der Waals surface area contributed by atoms with Gasteiger partial charge in [-0.05, 0) is 78.4 Å². The molecule has 2 aliphatic rings. The highest BCUT2D eigenvalue weighted by Crippen LogP contribution is 2.52. The summed E-state index contributed by atoms with van der Waals surface area (Å²) in [5.41, 5.74) is 1.32. The Morgan fingerprint density at radius 1 is 1.22 bits per heavy atom. The van der Waals surface area contributed by atoms with Crippen molar-refractivity contribution in [2.24, 2.45) is 5.92 Å². The van der Waals surface area contributed by atoms with E-state index in [4.69, 9.17) is 23.7 Å². The first-order valence-corrected chi connectivity index (χ1v) is 12.8. The molecule has 36 heavy (non-hydrogen) atoms. The van der Waals surface area contributed by atoms with Crippen molar-refractivity contribution in [3.63, 3.8) is 0 Å². The fourth-order valence-corrected chi connectivity index (χ4v) is 4.97. The maximum atomic E-state index is 12.7. The minimum absolute atomic E-state index is 0.0591. The smallest absolute Gasteiger partial charge is 0.331 e. The van der Waals surface area contributed by atoms with Gasteiger partial charge in [0.15, 0.2) is 0 Å². The molecule has 1 spiro atoms. The molecular formula is C29H43NO6. The Balaban J connectivity index is 1.61. The maximum Gasteiger partial charge on any atom is 0.331 e. The SMILES string of the molecule is COC1C(OC(=O)/C=C/c2ccc(OCCN(C)C)cc2)CC[C@]2(CO2)C1C(C)(C)OCC=C(C)C. The summed E-state index contributed by atoms with van der Waals surface area (Å²) >= 11 is 0. The predicted octanol–water partition coefficient (Wildman–Crippen LogP) is 4.51. The lowest BCUT2D eigenvalue weighted by atomic mass is 9.68. The molecular weight excluding hydrogens is 458 g/mol. The summed E-state index contributed by atoms with van der Waals surface area (Å²) in [5.74, 6) is 0.359. The van der Waals surface area contributed by atoms with Crippen LogP contribution in [0.2, 0.25) is 0 Å². The van der Waals surface area contributed by atoms with Crippen LogP contribution < -0.4 is 4.74 Å². The van der Waals surface area contributed by atoms with Crippen LogP contribution in [0.4, 0.5) is 0 Å². The molecule has 1 aliphatic heterocycles. The zero-order valence-corrected chi connectivity index (χ0v) is 22.9. The quantitative estimate of drug-likeness (QED) is 0.181. The van der Waals surface area contributed by atoms with E-state index in [1.807, 2.05) is 38.4 Å². The molecule has 7 nitrogen and oxygen atoms in total. The van der Waals surface area contributed by atoms with E-state index >= 15 is 0 Å². The summed E-state index contributed by atoms with van der Waals surface area (Å²) in [7, 11) is 5.69. The van der Waals surface area contributed by atoms with Crippen LogP contribution in [0.15, 0.2) is 42.0 Å². The van der Waals surface area contributed by atoms with Gasteiger partial charge in [0.2, 0.25) is 0 Å². The molecule has 3 rings (SSSR count). The lowest BCUT2D eigenvalue weighted by molar-refractivity contribution is -0.189. The third kappa shape index (κ3) is 7.65. The molecule has 1 saturated carbocycles. The Kier molecular flexibility index (Phi) is 9.75. The molecule has 2 fully saturated rings. The second kappa shape index (κ2) is 12.4. The molecule has 0 bridgehead atoms. The number of allylic oxidation sites excluding steroid dienone is 1. The Hall–Kier alpha value is -2.19. The number of ether oxygens (including phenoxy) is 5. The minimum Gasteiger partial charge on any atom is -0.492 e. The summed E-state index contributed by atoms with van der Waals surface area (Å²) in [6.45, 7) is 10.9. The number of rotatable bonds is 12. The van der Waals surface area contributed by atoms with Crippen molar-refractivity contribution in [3.05, 3.63) is 47.6 Å². The zero-order valence-electron chi connectivity index (χ0n) is 22.9. The molecule has 1 aromatic rings. The highest BCUT2D eigenvalue weighted by molar-refractivity contribution is 5.87. The average molecular weight is 502 g/mol. The van der Waals surface area contributed by atoms with Gasteiger partial charge in [0.1, 0.15) is 24.6 Å². The number of nitrogens with zero attached hydrogens (tertiary/aromatic N) is 1. The topological polar surface area (TPSA) is 69.8 Å². The van der Waals surface area contributed by atoms with Gasteiger partial charge in [0.05, 0.1) is 24.4 Å². The van der Waals surface area contributed by atoms with Crippen LogP contribution in [0.3, 0.4) is 0 Å². The number of carbonyl (C=O) groups is 1. The molecule has 4 atom stereocenters. The zero-order chi connectivity index (χ0) is 26.3. The van der Waals surface area contributed by atoms with Crippen molar-refractivity contribution < 1.29 is 28.5 Å². The van der Waals surface area contributed by atoms with Gasteiger partial charge < -0.3 is 28.6 Å². The van der Waals surface area contributed by atoms with E-state index in [1.165, 1.54) is 11.6 Å². The molecule has 0 amide bonds. The van der Waals surface area contributed by atoms with Crippen molar-refractivity contribution >= 4 is 12.0 Å². The number of benzene rings is 1. The summed E-state index contributed by atoms with van der Waals surface area (Å²) in [5, 5.41) is 0. The van der Waals surface area contributed by atoms with Gasteiger partial charge in [0, 0.05) is 25.6 Å². The first-order valence-electron chi connectivity index (χ1n) is 12.8. The second-order valence-electron chi connectivity index (χ2n) is 10.8. The van der Waals surface area contributed by atoms with Crippen molar-refractivity contribution in [3.8, 4) is 5.75 Å². The third-order valence-electron chi connectivity index (χ3n) is 6.96. The number of epoxide rings is 1. The molecule has 200 valence electrons. The van der Waals surface area contributed by atoms with E-state index in [-0.39, 0.29) is 29.7 Å². The second-order valence-corrected chi connectivity index (χ2v) is 10.8. The maximum absolute atomic E-state index is 12.7. The number of hydrogen-bond acceptors (Lipinski definition) is 7. The van der Waals surface area contributed by atoms with Gasteiger partial charge in [-0.1, -0.05) is 23.8 Å². The predicted molar refractivity (Wildman–Crippen MR) is 141 cm³/mol. The molecule has 0 N–H and O–H groups in total. The van der Waals surface area contributed by atoms with E-state index in [9.17, 15) is 4.79 Å². The molecule has 1 saturated heterocycles. The normalized spacial score (nSPS) is 25.8. The first kappa shape index (κ1) is 28.4. The number of methoxy groups -OCH3 is 1. The number of esters is 1. The van der Waals surface area contributed by atoms with Crippen LogP contribution in [0.1, 0.15) is 46.1 Å². The number of hydrogen-bond donors (Lipinski definition) is 0. The highest BCUT2D eigenvalue weighted by Gasteiger charge is 2.64. The van der Waals surface area contributed by atoms with Crippen molar-refractivity contribution in [1.82, 2.24) is 4.90 Å². The van der Waals surface area contributed by atoms with Crippen molar-refractivity contribution in [2.75, 3.05) is 47.6 Å². The average Bonchev–Trinajstić information content (AvgIpc) is 3.58. The van der Waals surface area contributed by atoms with Crippen molar-refractivity contribution in [1.29, 1.82) is 0 Å². The summed E-state index contributed by atoms with van der Waals surface area (Å²) in [4.78, 5) is 14.8. The van der Waals surface area contributed by atoms with E-state index in [1.54, 1.807) is 13.2 Å². The number of likely N-dealkylation sites (N-methyl/N-ethyl adjacent to an activating group) is 1. The monoisotopic (exact) mass is 501 g/mol. The van der Waals surface area contributed by atoms with Crippen LogP contribution in [-0.4, -0.2) is 81.8 Å². The largest absolute Gasteiger partial charge is 0.492 e. The Morgan fingerprint density at radius 3 is 2.50 bits per heavy atom. The fraction of sp³-hybridized carbons (Fsp3) is 0.621. The van der Waals surface area contributed by atoms with Crippen LogP contribution >= 0.6 is 0 Å². The Labute approximate surface area is 216 Å². The fourth-order valence-electron chi connectivity index (χ4n) is 4.97. The molecule has 3 unspecified atom stereocenters. The highest BCUT2D eigenvalue weighted by atomic mass is 16.6. The standard InChI is InChI=1S/C29H43NO6/c1-21(2)15-18-34-28(3,4)27-26(32-7)24(14-16-29(27)20-35-29)36-25(31)13-10-22-8-11-23(12-9-22)33-19-17-30(5)6/h8-13,15,24,26-27H,14,16-20H2,1-7H3/b13-10+/t24?,26?,27?,29-/m0/s1. The molecule has 1 heterocycles. The lowest BCUT2D eigenvalue weighted by Crippen LogP contribution is -2.58. The van der Waals surface area contributed by atoms with Gasteiger partial charge >= 0.3 is 5.97 Å². The van der Waals surface area contributed by atoms with E-state index in [0.717, 1.165) is 24.3 Å². The molecule has 1 aliphatic carbocycles. The summed E-state index contributed by atoms with van der Waals surface area (Å²) in [6.07, 6.45) is 6.10. The van der Waals surface area contributed by atoms with E-state index in [0.29, 0.717) is 26.2 Å². The summed E-state index contributed by atoms with van der Waals surface area (Å²) < 4.78 is 29.8. The molecule has 0 aromatic heterocycles. The van der Waals surface area contributed by atoms with E-state index < -0.39 is 5.60 Å². The van der Waals surface area contributed by atoms with Gasteiger partial charge in [-0.15, -0.1) is 0 Å². The van der Waals surface area contributed by atoms with Crippen LogP contribution in [0, 0.1) is 5.92 Å². The van der Waals surface area contributed by atoms with Gasteiger partial charge in [-0.3, -0.25) is 0 Å². The molecule has 7 heteroatoms. The van der Waals surface area contributed by atoms with Crippen LogP contribution in [0.5, 0.6) is 5.75 Å². The minimum atomic E-state index is -0.513. The lowest BCUT2D eigenvalue weighted by Gasteiger charge is -2.47. The van der Waals surface area contributed by atoms with Crippen LogP contribution in [-0.2, 0) is 23.7 Å². The van der Waals surface area contributed by atoms with Gasteiger partial charge in [-0.25, -0.2) is 4.79 Å². The van der Waals surface area contributed by atoms with E-state index in [2.05, 4.69) is 38.7 Å². The molecule has 0 radical (unpaired) electrons. The Bertz CT molecular complexity index is 912. The number of carbonyl (C=O) groups excluding carboxylic acids is 1. The van der Waals surface area contributed by atoms with Gasteiger partial charge in [0.25, 0.3) is 0 Å². The molecule has 1 aromatic carbocycles. The van der Waals surface area contributed by atoms with Crippen molar-refractivity contribution in [2.45, 2.75) is 63.9 Å². The Morgan fingerprint density at radius 2 is 1.92 bits per heavy atom.